The van der Waals surface area contributed by atoms with Crippen LogP contribution in [-0.4, -0.2) is 63.6 Å². The smallest absolute Gasteiger partial charge is 0.410 e. The highest BCUT2D eigenvalue weighted by molar-refractivity contribution is 7.93. The van der Waals surface area contributed by atoms with Gasteiger partial charge in [-0.3, -0.25) is 14.5 Å². The van der Waals surface area contributed by atoms with Crippen LogP contribution in [0, 0.1) is 6.92 Å². The normalized spacial score (nSPS) is 15.4. The first kappa shape index (κ1) is 29.2. The van der Waals surface area contributed by atoms with Gasteiger partial charge < -0.3 is 20.3 Å². The highest BCUT2D eigenvalue weighted by Gasteiger charge is 2.37. The summed E-state index contributed by atoms with van der Waals surface area (Å²) in [5.41, 5.74) is 2.35. The number of aryl methyl sites for hydroxylation is 1. The van der Waals surface area contributed by atoms with E-state index < -0.39 is 32.9 Å². The van der Waals surface area contributed by atoms with Gasteiger partial charge in [0.25, 0.3) is 5.91 Å². The summed E-state index contributed by atoms with van der Waals surface area (Å²) in [5, 5.41) is 5.68. The molecule has 1 unspecified atom stereocenters. The Bertz CT molecular complexity index is 1750. The van der Waals surface area contributed by atoms with E-state index in [0.29, 0.717) is 33.3 Å². The van der Waals surface area contributed by atoms with E-state index in [1.165, 1.54) is 11.0 Å². The molecule has 3 N–H and O–H groups in total. The fourth-order valence-electron chi connectivity index (χ4n) is 4.43. The molecule has 0 spiro atoms. The highest BCUT2D eigenvalue weighted by Crippen LogP contribution is 2.29. The highest BCUT2D eigenvalue weighted by atomic mass is 32.2. The molecular formula is C28H31N7O5S2. The Balaban J connectivity index is 1.25. The van der Waals surface area contributed by atoms with Crippen molar-refractivity contribution in [2.75, 3.05) is 28.4 Å². The lowest BCUT2D eigenvalue weighted by Gasteiger charge is -2.24. The molecule has 0 saturated carbocycles. The predicted molar refractivity (Wildman–Crippen MR) is 163 cm³/mol. The van der Waals surface area contributed by atoms with Crippen LogP contribution in [0.25, 0.3) is 11.0 Å². The van der Waals surface area contributed by atoms with E-state index >= 15 is 0 Å². The number of nitrogens with zero attached hydrogens (tertiary/aromatic N) is 4. The lowest BCUT2D eigenvalue weighted by Crippen LogP contribution is -2.37. The summed E-state index contributed by atoms with van der Waals surface area (Å²) in [6.07, 6.45) is 1.34. The number of hydrogen-bond acceptors (Lipinski definition) is 10. The summed E-state index contributed by atoms with van der Waals surface area (Å²) in [6, 6.07) is 13.9. The van der Waals surface area contributed by atoms with Crippen molar-refractivity contribution >= 4 is 66.8 Å². The van der Waals surface area contributed by atoms with Crippen molar-refractivity contribution in [1.82, 2.24) is 19.2 Å². The molecule has 1 fully saturated rings. The van der Waals surface area contributed by atoms with E-state index in [4.69, 9.17) is 4.74 Å². The monoisotopic (exact) mass is 609 g/mol. The van der Waals surface area contributed by atoms with Gasteiger partial charge in [-0.2, -0.15) is 4.37 Å². The molecule has 1 aliphatic rings. The molecule has 3 heterocycles. The minimum atomic E-state index is -3.82. The Morgan fingerprint density at radius 1 is 1.07 bits per heavy atom. The number of para-hydroxylation sites is 2. The third-order valence-electron chi connectivity index (χ3n) is 6.40. The molecule has 2 aromatic carbocycles. The average Bonchev–Trinajstić information content (AvgIpc) is 3.56. The van der Waals surface area contributed by atoms with E-state index in [2.05, 4.69) is 29.7 Å². The lowest BCUT2D eigenvalue weighted by molar-refractivity contribution is 0.0295. The minimum absolute atomic E-state index is 0.0302. The number of aromatic nitrogens is 3. The lowest BCUT2D eigenvalue weighted by atomic mass is 10.2. The van der Waals surface area contributed by atoms with Gasteiger partial charge in [0, 0.05) is 18.8 Å². The van der Waals surface area contributed by atoms with Crippen LogP contribution in [0.1, 0.15) is 43.2 Å². The minimum Gasteiger partial charge on any atom is -0.444 e. The fraction of sp³-hybridized carbons (Fsp3) is 0.321. The topological polar surface area (TPSA) is 156 Å². The van der Waals surface area contributed by atoms with Crippen molar-refractivity contribution in [2.24, 2.45) is 0 Å². The number of ether oxygens (including phenoxy) is 1. The molecule has 12 nitrogen and oxygen atoms in total. The van der Waals surface area contributed by atoms with Gasteiger partial charge in [0.2, 0.25) is 10.0 Å². The first-order chi connectivity index (χ1) is 19.9. The molecule has 2 aromatic heterocycles. The Morgan fingerprint density at radius 3 is 2.57 bits per heavy atom. The number of benzene rings is 2. The molecule has 14 heteroatoms. The van der Waals surface area contributed by atoms with E-state index in [9.17, 15) is 18.0 Å². The van der Waals surface area contributed by atoms with Crippen LogP contribution < -0.4 is 15.4 Å². The largest absolute Gasteiger partial charge is 0.444 e. The van der Waals surface area contributed by atoms with Crippen LogP contribution in [0.3, 0.4) is 0 Å². The SMILES string of the molecule is Cc1nsc(Nc2cnc3ccccc3n2)c1C(=O)Nc1cccc(NS(=O)(=O)C2CCN(C(=O)OC(C)(C)C)C2)c1. The maximum atomic E-state index is 13.3. The number of nitrogens with one attached hydrogen (secondary N) is 3. The second-order valence-corrected chi connectivity index (χ2v) is 13.6. The molecule has 5 rings (SSSR count). The zero-order valence-corrected chi connectivity index (χ0v) is 25.2. The molecule has 1 saturated heterocycles. The first-order valence-corrected chi connectivity index (χ1v) is 15.6. The van der Waals surface area contributed by atoms with E-state index in [0.717, 1.165) is 17.0 Å². The third-order valence-corrected chi connectivity index (χ3v) is 9.03. The van der Waals surface area contributed by atoms with Gasteiger partial charge in [0.1, 0.15) is 16.4 Å². The number of likely N-dealkylation sites (tertiary alicyclic amines) is 1. The fourth-order valence-corrected chi connectivity index (χ4v) is 6.65. The summed E-state index contributed by atoms with van der Waals surface area (Å²) in [6.45, 7) is 7.32. The maximum absolute atomic E-state index is 13.3. The van der Waals surface area contributed by atoms with Gasteiger partial charge >= 0.3 is 6.09 Å². The molecule has 0 bridgehead atoms. The van der Waals surface area contributed by atoms with E-state index in [1.54, 1.807) is 52.1 Å². The summed E-state index contributed by atoms with van der Waals surface area (Å²) in [4.78, 5) is 36.0. The molecule has 1 aliphatic heterocycles. The second kappa shape index (κ2) is 11.5. The quantitative estimate of drug-likeness (QED) is 0.258. The van der Waals surface area contributed by atoms with Gasteiger partial charge in [0.15, 0.2) is 0 Å². The van der Waals surface area contributed by atoms with Crippen LogP contribution in [0.2, 0.25) is 0 Å². The third kappa shape index (κ3) is 6.77. The van der Waals surface area contributed by atoms with Crippen molar-refractivity contribution < 1.29 is 22.7 Å². The van der Waals surface area contributed by atoms with Crippen LogP contribution in [0.4, 0.5) is 27.0 Å². The molecular weight excluding hydrogens is 578 g/mol. The number of rotatable bonds is 7. The molecule has 2 amide bonds. The Kier molecular flexibility index (Phi) is 8.01. The molecule has 220 valence electrons. The number of carbonyl (C=O) groups excluding carboxylic acids is 2. The summed E-state index contributed by atoms with van der Waals surface area (Å²) in [7, 11) is -3.82. The number of carbonyl (C=O) groups is 2. The summed E-state index contributed by atoms with van der Waals surface area (Å²) in [5.74, 6) is 0.0567. The predicted octanol–water partition coefficient (Wildman–Crippen LogP) is 5.14. The Morgan fingerprint density at radius 2 is 1.81 bits per heavy atom. The molecule has 1 atom stereocenters. The van der Waals surface area contributed by atoms with E-state index in [1.807, 2.05) is 24.3 Å². The average molecular weight is 610 g/mol. The van der Waals surface area contributed by atoms with Gasteiger partial charge in [-0.05, 0) is 76.0 Å². The summed E-state index contributed by atoms with van der Waals surface area (Å²) < 4.78 is 38.5. The molecule has 42 heavy (non-hydrogen) atoms. The van der Waals surface area contributed by atoms with Crippen LogP contribution in [-0.2, 0) is 14.8 Å². The molecule has 4 aromatic rings. The van der Waals surface area contributed by atoms with Gasteiger partial charge in [-0.15, -0.1) is 0 Å². The van der Waals surface area contributed by atoms with Crippen LogP contribution >= 0.6 is 11.5 Å². The van der Waals surface area contributed by atoms with Crippen molar-refractivity contribution in [1.29, 1.82) is 0 Å². The van der Waals surface area contributed by atoms with Crippen molar-refractivity contribution in [3.05, 3.63) is 66.0 Å². The standard InChI is InChI=1S/C28H31N7O5S2/c1-17-24(26(41-33-17)32-23-15-29-21-10-5-6-11-22(21)31-23)25(36)30-18-8-7-9-19(14-18)34-42(38,39)20-12-13-35(16-20)27(37)40-28(2,3)4/h5-11,14-15,20,34H,12-13,16H2,1-4H3,(H,30,36)(H,31,32). The number of hydrogen-bond donors (Lipinski definition) is 3. The maximum Gasteiger partial charge on any atom is 0.410 e. The van der Waals surface area contributed by atoms with Crippen LogP contribution in [0.5, 0.6) is 0 Å². The number of amides is 2. The van der Waals surface area contributed by atoms with Gasteiger partial charge in [-0.1, -0.05) is 18.2 Å². The van der Waals surface area contributed by atoms with Crippen molar-refractivity contribution in [3.63, 3.8) is 0 Å². The number of anilines is 4. The Labute approximate surface area is 247 Å². The zero-order chi connectivity index (χ0) is 30.1. The molecule has 0 aliphatic carbocycles. The molecule has 0 radical (unpaired) electrons. The zero-order valence-electron chi connectivity index (χ0n) is 23.5. The van der Waals surface area contributed by atoms with Crippen molar-refractivity contribution in [3.8, 4) is 0 Å². The van der Waals surface area contributed by atoms with Crippen molar-refractivity contribution in [2.45, 2.75) is 45.0 Å². The Hall–Kier alpha value is -4.30. The number of sulfonamides is 1. The second-order valence-electron chi connectivity index (χ2n) is 10.9. The van der Waals surface area contributed by atoms with Gasteiger partial charge in [0.05, 0.1) is 39.4 Å². The number of fused-ring (bicyclic) bond motifs is 1. The van der Waals surface area contributed by atoms with E-state index in [-0.39, 0.29) is 25.2 Å². The first-order valence-electron chi connectivity index (χ1n) is 13.2. The van der Waals surface area contributed by atoms with Gasteiger partial charge in [-0.25, -0.2) is 18.2 Å². The summed E-state index contributed by atoms with van der Waals surface area (Å²) >= 11 is 1.13. The van der Waals surface area contributed by atoms with Crippen LogP contribution in [0.15, 0.2) is 54.7 Å².